The Hall–Kier alpha value is -1.79. The highest BCUT2D eigenvalue weighted by atomic mass is 32.2. The second-order valence-electron chi connectivity index (χ2n) is 4.89. The molecular weight excluding hydrogens is 276 g/mol. The summed E-state index contributed by atoms with van der Waals surface area (Å²) in [7, 11) is -3.78. The van der Waals surface area contributed by atoms with Crippen molar-refractivity contribution in [3.05, 3.63) is 46.7 Å². The van der Waals surface area contributed by atoms with Gasteiger partial charge in [0, 0.05) is 5.69 Å². The van der Waals surface area contributed by atoms with Gasteiger partial charge in [0.1, 0.15) is 5.76 Å². The van der Waals surface area contributed by atoms with E-state index in [1.807, 2.05) is 13.8 Å². The molecule has 108 valence electrons. The fourth-order valence-electron chi connectivity index (χ4n) is 2.24. The Morgan fingerprint density at radius 2 is 1.75 bits per heavy atom. The largest absolute Gasteiger partial charge is 0.446 e. The van der Waals surface area contributed by atoms with Crippen molar-refractivity contribution in [3.63, 3.8) is 0 Å². The van der Waals surface area contributed by atoms with Crippen molar-refractivity contribution in [1.82, 2.24) is 0 Å². The SMILES string of the molecule is Cc1cc(C)c(NCc2ccc(S(N)(=O)=O)o2)c(C)c1. The van der Waals surface area contributed by atoms with E-state index in [0.717, 1.165) is 16.8 Å². The second-order valence-corrected chi connectivity index (χ2v) is 6.39. The zero-order valence-corrected chi connectivity index (χ0v) is 12.5. The van der Waals surface area contributed by atoms with E-state index in [0.29, 0.717) is 12.3 Å². The van der Waals surface area contributed by atoms with Crippen molar-refractivity contribution in [2.24, 2.45) is 5.14 Å². The summed E-state index contributed by atoms with van der Waals surface area (Å²) >= 11 is 0. The number of aryl methyl sites for hydroxylation is 3. The molecule has 1 heterocycles. The molecule has 1 aromatic heterocycles. The van der Waals surface area contributed by atoms with Crippen LogP contribution in [0.25, 0.3) is 0 Å². The number of nitrogens with one attached hydrogen (secondary N) is 1. The van der Waals surface area contributed by atoms with Crippen molar-refractivity contribution < 1.29 is 12.8 Å². The van der Waals surface area contributed by atoms with Crippen molar-refractivity contribution >= 4 is 15.7 Å². The molecule has 2 aromatic rings. The number of nitrogens with two attached hydrogens (primary N) is 1. The first-order valence-corrected chi connectivity index (χ1v) is 7.75. The highest BCUT2D eigenvalue weighted by molar-refractivity contribution is 7.89. The maximum absolute atomic E-state index is 11.1. The molecule has 20 heavy (non-hydrogen) atoms. The van der Waals surface area contributed by atoms with E-state index < -0.39 is 10.0 Å². The fourth-order valence-corrected chi connectivity index (χ4v) is 2.72. The highest BCUT2D eigenvalue weighted by Gasteiger charge is 2.13. The number of furan rings is 1. The molecule has 0 unspecified atom stereocenters. The lowest BCUT2D eigenvalue weighted by molar-refractivity contribution is 0.419. The minimum atomic E-state index is -3.78. The molecule has 0 radical (unpaired) electrons. The van der Waals surface area contributed by atoms with Crippen LogP contribution in [-0.2, 0) is 16.6 Å². The lowest BCUT2D eigenvalue weighted by Gasteiger charge is -2.12. The van der Waals surface area contributed by atoms with Gasteiger partial charge in [-0.1, -0.05) is 17.7 Å². The van der Waals surface area contributed by atoms with E-state index in [2.05, 4.69) is 24.4 Å². The number of hydrogen-bond acceptors (Lipinski definition) is 4. The molecule has 0 saturated heterocycles. The van der Waals surface area contributed by atoms with Crippen molar-refractivity contribution in [2.45, 2.75) is 32.4 Å². The van der Waals surface area contributed by atoms with Gasteiger partial charge in [0.05, 0.1) is 6.54 Å². The minimum Gasteiger partial charge on any atom is -0.446 e. The predicted octanol–water partition coefficient (Wildman–Crippen LogP) is 2.46. The van der Waals surface area contributed by atoms with E-state index in [9.17, 15) is 8.42 Å². The minimum absolute atomic E-state index is 0.216. The molecule has 5 nitrogen and oxygen atoms in total. The Morgan fingerprint density at radius 3 is 2.25 bits per heavy atom. The molecule has 0 fully saturated rings. The topological polar surface area (TPSA) is 85.3 Å². The first-order valence-electron chi connectivity index (χ1n) is 6.20. The van der Waals surface area contributed by atoms with E-state index in [1.165, 1.54) is 11.6 Å². The summed E-state index contributed by atoms with van der Waals surface area (Å²) in [5.41, 5.74) is 4.52. The van der Waals surface area contributed by atoms with E-state index in [1.54, 1.807) is 6.07 Å². The Balaban J connectivity index is 2.16. The predicted molar refractivity (Wildman–Crippen MR) is 78.1 cm³/mol. The van der Waals surface area contributed by atoms with Crippen LogP contribution in [0.15, 0.2) is 33.8 Å². The van der Waals surface area contributed by atoms with Gasteiger partial charge in [-0.25, -0.2) is 13.6 Å². The van der Waals surface area contributed by atoms with Crippen LogP contribution < -0.4 is 10.5 Å². The van der Waals surface area contributed by atoms with Gasteiger partial charge in [0.25, 0.3) is 10.0 Å². The van der Waals surface area contributed by atoms with Gasteiger partial charge in [-0.05, 0) is 44.0 Å². The van der Waals surface area contributed by atoms with Crippen LogP contribution in [-0.4, -0.2) is 8.42 Å². The zero-order chi connectivity index (χ0) is 14.9. The van der Waals surface area contributed by atoms with E-state index >= 15 is 0 Å². The molecule has 2 rings (SSSR count). The molecule has 0 saturated carbocycles. The third-order valence-electron chi connectivity index (χ3n) is 3.03. The fraction of sp³-hybridized carbons (Fsp3) is 0.286. The molecule has 1 aromatic carbocycles. The van der Waals surface area contributed by atoms with E-state index in [-0.39, 0.29) is 5.09 Å². The maximum Gasteiger partial charge on any atom is 0.271 e. The average molecular weight is 294 g/mol. The van der Waals surface area contributed by atoms with Gasteiger partial charge in [-0.3, -0.25) is 0 Å². The quantitative estimate of drug-likeness (QED) is 0.907. The number of hydrogen-bond donors (Lipinski definition) is 2. The van der Waals surface area contributed by atoms with Gasteiger partial charge in [-0.2, -0.15) is 0 Å². The van der Waals surface area contributed by atoms with Crippen LogP contribution in [0, 0.1) is 20.8 Å². The second kappa shape index (κ2) is 5.30. The van der Waals surface area contributed by atoms with Crippen LogP contribution in [0.5, 0.6) is 0 Å². The molecule has 0 bridgehead atoms. The van der Waals surface area contributed by atoms with Crippen LogP contribution >= 0.6 is 0 Å². The third-order valence-corrected chi connectivity index (χ3v) is 3.81. The van der Waals surface area contributed by atoms with Crippen molar-refractivity contribution in [3.8, 4) is 0 Å². The number of anilines is 1. The van der Waals surface area contributed by atoms with Crippen LogP contribution in [0.3, 0.4) is 0 Å². The molecule has 6 heteroatoms. The molecule has 0 aliphatic rings. The summed E-state index contributed by atoms with van der Waals surface area (Å²) in [6, 6.07) is 7.15. The van der Waals surface area contributed by atoms with E-state index in [4.69, 9.17) is 9.56 Å². The Bertz CT molecular complexity index is 710. The maximum atomic E-state index is 11.1. The van der Waals surface area contributed by atoms with Crippen LogP contribution in [0.1, 0.15) is 22.5 Å². The summed E-state index contributed by atoms with van der Waals surface area (Å²) < 4.78 is 27.5. The average Bonchev–Trinajstić information content (AvgIpc) is 2.75. The van der Waals surface area contributed by atoms with Gasteiger partial charge in [-0.15, -0.1) is 0 Å². The monoisotopic (exact) mass is 294 g/mol. The molecule has 0 aliphatic carbocycles. The highest BCUT2D eigenvalue weighted by Crippen LogP contribution is 2.23. The standard InChI is InChI=1S/C14H18N2O3S/c1-9-6-10(2)14(11(3)7-9)16-8-12-4-5-13(19-12)20(15,17)18/h4-7,16H,8H2,1-3H3,(H2,15,17,18). The number of rotatable bonds is 4. The van der Waals surface area contributed by atoms with Crippen molar-refractivity contribution in [2.75, 3.05) is 5.32 Å². The summed E-state index contributed by atoms with van der Waals surface area (Å²) in [6.07, 6.45) is 0. The van der Waals surface area contributed by atoms with Gasteiger partial charge in [0.15, 0.2) is 0 Å². The summed E-state index contributed by atoms with van der Waals surface area (Å²) in [4.78, 5) is 0. The lowest BCUT2D eigenvalue weighted by Crippen LogP contribution is -2.10. The Kier molecular flexibility index (Phi) is 3.87. The number of benzene rings is 1. The molecule has 0 amide bonds. The van der Waals surface area contributed by atoms with Crippen LogP contribution in [0.4, 0.5) is 5.69 Å². The molecule has 0 atom stereocenters. The summed E-state index contributed by atoms with van der Waals surface area (Å²) in [5.74, 6) is 0.522. The smallest absolute Gasteiger partial charge is 0.271 e. The van der Waals surface area contributed by atoms with Crippen molar-refractivity contribution in [1.29, 1.82) is 0 Å². The third kappa shape index (κ3) is 3.20. The number of primary sulfonamides is 1. The normalized spacial score (nSPS) is 11.6. The van der Waals surface area contributed by atoms with Crippen LogP contribution in [0.2, 0.25) is 0 Å². The first kappa shape index (κ1) is 14.6. The van der Waals surface area contributed by atoms with Gasteiger partial charge < -0.3 is 9.73 Å². The Morgan fingerprint density at radius 1 is 1.15 bits per heavy atom. The summed E-state index contributed by atoms with van der Waals surface area (Å²) in [6.45, 7) is 6.51. The first-order chi connectivity index (χ1) is 9.27. The van der Waals surface area contributed by atoms with Gasteiger partial charge >= 0.3 is 0 Å². The summed E-state index contributed by atoms with van der Waals surface area (Å²) in [5, 5.41) is 8.04. The molecule has 0 spiro atoms. The number of sulfonamides is 1. The Labute approximate surface area is 118 Å². The molecule has 3 N–H and O–H groups in total. The zero-order valence-electron chi connectivity index (χ0n) is 11.7. The molecule has 0 aliphatic heterocycles. The molecular formula is C14H18N2O3S. The lowest BCUT2D eigenvalue weighted by atomic mass is 10.1. The van der Waals surface area contributed by atoms with Gasteiger partial charge in [0.2, 0.25) is 5.09 Å².